The van der Waals surface area contributed by atoms with Gasteiger partial charge in [-0.05, 0) is 19.1 Å². The van der Waals surface area contributed by atoms with Gasteiger partial charge in [0, 0.05) is 11.6 Å². The molecule has 0 saturated heterocycles. The predicted octanol–water partition coefficient (Wildman–Crippen LogP) is 1.05. The van der Waals surface area contributed by atoms with Crippen molar-refractivity contribution in [2.75, 3.05) is 11.6 Å². The van der Waals surface area contributed by atoms with Gasteiger partial charge < -0.3 is 0 Å². The molecule has 0 fully saturated rings. The second-order valence-corrected chi connectivity index (χ2v) is 5.40. The summed E-state index contributed by atoms with van der Waals surface area (Å²) in [4.78, 5) is 4.18. The van der Waals surface area contributed by atoms with Crippen LogP contribution >= 0.6 is 11.6 Å². The Labute approximate surface area is 94.7 Å². The molecule has 1 rings (SSSR count). The molecule has 84 valence electrons. The Morgan fingerprint density at radius 3 is 2.80 bits per heavy atom. The van der Waals surface area contributed by atoms with Crippen molar-refractivity contribution in [3.8, 4) is 0 Å². The number of sulfonamides is 1. The fraction of sp³-hybridized carbons (Fsp3) is 0.444. The number of halogens is 1. The van der Waals surface area contributed by atoms with Crippen LogP contribution in [0.2, 0.25) is 0 Å². The summed E-state index contributed by atoms with van der Waals surface area (Å²) < 4.78 is 25.0. The summed E-state index contributed by atoms with van der Waals surface area (Å²) in [5.41, 5.74) is 1.57. The van der Waals surface area contributed by atoms with Gasteiger partial charge in [-0.15, -0.1) is 11.6 Å². The van der Waals surface area contributed by atoms with Crippen molar-refractivity contribution < 1.29 is 8.42 Å². The molecular formula is C9H13ClN2O2S. The number of aromatic nitrogens is 1. The highest BCUT2D eigenvalue weighted by molar-refractivity contribution is 7.89. The van der Waals surface area contributed by atoms with E-state index in [0.717, 1.165) is 5.69 Å². The average Bonchev–Trinajstić information content (AvgIpc) is 2.15. The first kappa shape index (κ1) is 12.4. The van der Waals surface area contributed by atoms with Crippen LogP contribution in [0, 0.1) is 6.92 Å². The number of pyridine rings is 1. The summed E-state index contributed by atoms with van der Waals surface area (Å²) in [6, 6.07) is 5.47. The van der Waals surface area contributed by atoms with Crippen molar-refractivity contribution in [1.82, 2.24) is 9.71 Å². The number of rotatable bonds is 5. The molecule has 1 aromatic heterocycles. The molecule has 0 unspecified atom stereocenters. The maximum atomic E-state index is 11.3. The minimum absolute atomic E-state index is 0.0691. The van der Waals surface area contributed by atoms with E-state index in [9.17, 15) is 8.42 Å². The van der Waals surface area contributed by atoms with Crippen LogP contribution in [-0.4, -0.2) is 25.0 Å². The van der Waals surface area contributed by atoms with Gasteiger partial charge in [0.25, 0.3) is 0 Å². The molecule has 0 saturated carbocycles. The molecular weight excluding hydrogens is 236 g/mol. The fourth-order valence-electron chi connectivity index (χ4n) is 1.06. The number of nitrogens with zero attached hydrogens (tertiary/aromatic N) is 1. The molecule has 0 spiro atoms. The van der Waals surface area contributed by atoms with Gasteiger partial charge in [0.2, 0.25) is 10.0 Å². The Morgan fingerprint density at radius 1 is 1.47 bits per heavy atom. The lowest BCUT2D eigenvalue weighted by atomic mass is 10.3. The number of nitrogens with one attached hydrogen (secondary N) is 1. The van der Waals surface area contributed by atoms with E-state index in [1.807, 2.05) is 19.1 Å². The Bertz CT molecular complexity index is 420. The highest BCUT2D eigenvalue weighted by Gasteiger charge is 2.08. The van der Waals surface area contributed by atoms with E-state index in [0.29, 0.717) is 5.69 Å². The molecule has 0 radical (unpaired) electrons. The third-order valence-corrected chi connectivity index (χ3v) is 3.50. The van der Waals surface area contributed by atoms with Crippen LogP contribution in [0.1, 0.15) is 11.4 Å². The van der Waals surface area contributed by atoms with Gasteiger partial charge in [0.05, 0.1) is 18.0 Å². The van der Waals surface area contributed by atoms with Gasteiger partial charge in [-0.1, -0.05) is 6.07 Å². The van der Waals surface area contributed by atoms with Crippen molar-refractivity contribution in [2.24, 2.45) is 0 Å². The summed E-state index contributed by atoms with van der Waals surface area (Å²) >= 11 is 5.36. The van der Waals surface area contributed by atoms with Gasteiger partial charge in [-0.25, -0.2) is 13.1 Å². The molecule has 4 nitrogen and oxygen atoms in total. The maximum Gasteiger partial charge on any atom is 0.213 e. The fourth-order valence-corrected chi connectivity index (χ4v) is 2.38. The smallest absolute Gasteiger partial charge is 0.213 e. The molecule has 1 aromatic rings. The minimum atomic E-state index is -3.26. The zero-order chi connectivity index (χ0) is 11.3. The lowest BCUT2D eigenvalue weighted by Gasteiger charge is -2.04. The van der Waals surface area contributed by atoms with Crippen molar-refractivity contribution in [3.63, 3.8) is 0 Å². The monoisotopic (exact) mass is 248 g/mol. The Hall–Kier alpha value is -0.650. The SMILES string of the molecule is Cc1cccc(CNS(=O)(=O)CCCl)n1. The van der Waals surface area contributed by atoms with Crippen molar-refractivity contribution in [3.05, 3.63) is 29.6 Å². The van der Waals surface area contributed by atoms with Gasteiger partial charge in [-0.3, -0.25) is 4.98 Å². The third-order valence-electron chi connectivity index (χ3n) is 1.77. The second-order valence-electron chi connectivity index (χ2n) is 3.10. The zero-order valence-electron chi connectivity index (χ0n) is 8.40. The topological polar surface area (TPSA) is 59.1 Å². The van der Waals surface area contributed by atoms with E-state index in [2.05, 4.69) is 9.71 Å². The summed E-state index contributed by atoms with van der Waals surface area (Å²) in [5, 5.41) is 0. The second kappa shape index (κ2) is 5.44. The molecule has 1 N–H and O–H groups in total. The quantitative estimate of drug-likeness (QED) is 0.793. The van der Waals surface area contributed by atoms with Crippen LogP contribution in [0.25, 0.3) is 0 Å². The zero-order valence-corrected chi connectivity index (χ0v) is 9.98. The number of aryl methyl sites for hydroxylation is 1. The Kier molecular flexibility index (Phi) is 4.50. The molecule has 0 aliphatic heterocycles. The van der Waals surface area contributed by atoms with E-state index in [-0.39, 0.29) is 18.2 Å². The summed E-state index contributed by atoms with van der Waals surface area (Å²) in [5.74, 6) is 0.0248. The van der Waals surface area contributed by atoms with E-state index >= 15 is 0 Å². The van der Waals surface area contributed by atoms with Crippen LogP contribution in [0.3, 0.4) is 0 Å². The van der Waals surface area contributed by atoms with Crippen molar-refractivity contribution >= 4 is 21.6 Å². The minimum Gasteiger partial charge on any atom is -0.257 e. The lowest BCUT2D eigenvalue weighted by molar-refractivity contribution is 0.582. The molecule has 0 atom stereocenters. The van der Waals surface area contributed by atoms with Crippen LogP contribution in [0.4, 0.5) is 0 Å². The van der Waals surface area contributed by atoms with Gasteiger partial charge >= 0.3 is 0 Å². The van der Waals surface area contributed by atoms with Gasteiger partial charge in [0.1, 0.15) is 0 Å². The first-order chi connectivity index (χ1) is 7.03. The third kappa shape index (κ3) is 4.59. The lowest BCUT2D eigenvalue weighted by Crippen LogP contribution is -2.27. The van der Waals surface area contributed by atoms with Crippen LogP contribution in [0.15, 0.2) is 18.2 Å². The van der Waals surface area contributed by atoms with Gasteiger partial charge in [-0.2, -0.15) is 0 Å². The molecule has 1 heterocycles. The summed E-state index contributed by atoms with van der Waals surface area (Å²) in [6.07, 6.45) is 0. The maximum absolute atomic E-state index is 11.3. The van der Waals surface area contributed by atoms with Gasteiger partial charge in [0.15, 0.2) is 0 Å². The summed E-state index contributed by atoms with van der Waals surface area (Å²) in [7, 11) is -3.26. The van der Waals surface area contributed by atoms with E-state index in [1.165, 1.54) is 0 Å². The van der Waals surface area contributed by atoms with E-state index < -0.39 is 10.0 Å². The first-order valence-electron chi connectivity index (χ1n) is 4.49. The van der Waals surface area contributed by atoms with Crippen LogP contribution in [-0.2, 0) is 16.6 Å². The summed E-state index contributed by atoms with van der Waals surface area (Å²) in [6.45, 7) is 2.07. The Morgan fingerprint density at radius 2 is 2.20 bits per heavy atom. The largest absolute Gasteiger partial charge is 0.257 e. The average molecular weight is 249 g/mol. The number of hydrogen-bond acceptors (Lipinski definition) is 3. The number of hydrogen-bond donors (Lipinski definition) is 1. The number of alkyl halides is 1. The first-order valence-corrected chi connectivity index (χ1v) is 6.68. The molecule has 0 bridgehead atoms. The van der Waals surface area contributed by atoms with E-state index in [1.54, 1.807) is 6.07 Å². The van der Waals surface area contributed by atoms with E-state index in [4.69, 9.17) is 11.6 Å². The molecule has 0 amide bonds. The van der Waals surface area contributed by atoms with Crippen LogP contribution < -0.4 is 4.72 Å². The highest BCUT2D eigenvalue weighted by Crippen LogP contribution is 1.98. The van der Waals surface area contributed by atoms with Crippen LogP contribution in [0.5, 0.6) is 0 Å². The molecule has 15 heavy (non-hydrogen) atoms. The predicted molar refractivity (Wildman–Crippen MR) is 60.3 cm³/mol. The van der Waals surface area contributed by atoms with Crippen molar-refractivity contribution in [1.29, 1.82) is 0 Å². The Balaban J connectivity index is 2.58. The molecule has 0 aromatic carbocycles. The highest BCUT2D eigenvalue weighted by atomic mass is 35.5. The standard InChI is InChI=1S/C9H13ClN2O2S/c1-8-3-2-4-9(12-8)7-11-15(13,14)6-5-10/h2-4,11H,5-7H2,1H3. The molecule has 0 aliphatic rings. The molecule has 0 aliphatic carbocycles. The van der Waals surface area contributed by atoms with Crippen molar-refractivity contribution in [2.45, 2.75) is 13.5 Å². The normalized spacial score (nSPS) is 11.6. The molecule has 6 heteroatoms.